The van der Waals surface area contributed by atoms with Gasteiger partial charge in [0.2, 0.25) is 5.91 Å². The highest BCUT2D eigenvalue weighted by atomic mass is 16.5. The Morgan fingerprint density at radius 2 is 2.19 bits per heavy atom. The molecule has 0 radical (unpaired) electrons. The zero-order chi connectivity index (χ0) is 22.4. The van der Waals surface area contributed by atoms with Crippen molar-refractivity contribution in [3.63, 3.8) is 0 Å². The van der Waals surface area contributed by atoms with Crippen molar-refractivity contribution in [1.82, 2.24) is 15.6 Å². The molecule has 8 heteroatoms. The zero-order valence-corrected chi connectivity index (χ0v) is 17.2. The number of hydrogen-bond acceptors (Lipinski definition) is 5. The van der Waals surface area contributed by atoms with Crippen molar-refractivity contribution in [1.29, 1.82) is 5.26 Å². The minimum Gasteiger partial charge on any atom is -0.496 e. The molecular formula is C23H24N4O4. The van der Waals surface area contributed by atoms with Crippen LogP contribution in [0.15, 0.2) is 24.3 Å². The van der Waals surface area contributed by atoms with Gasteiger partial charge < -0.3 is 20.4 Å². The van der Waals surface area contributed by atoms with Crippen LogP contribution in [0.1, 0.15) is 42.6 Å². The van der Waals surface area contributed by atoms with Crippen LogP contribution < -0.4 is 15.4 Å². The van der Waals surface area contributed by atoms with Gasteiger partial charge in [0.05, 0.1) is 13.2 Å². The number of rotatable bonds is 8. The molecule has 0 unspecified atom stereocenters. The Morgan fingerprint density at radius 1 is 1.39 bits per heavy atom. The summed E-state index contributed by atoms with van der Waals surface area (Å²) in [4.78, 5) is 40.3. The molecule has 0 bridgehead atoms. The Hall–Kier alpha value is -3.78. The van der Waals surface area contributed by atoms with Crippen molar-refractivity contribution in [2.45, 2.75) is 44.2 Å². The van der Waals surface area contributed by atoms with Gasteiger partial charge in [0, 0.05) is 29.7 Å². The Kier molecular flexibility index (Phi) is 6.94. The number of methoxy groups -OCH3 is 1. The monoisotopic (exact) mass is 420 g/mol. The molecule has 1 fully saturated rings. The number of benzene rings is 1. The van der Waals surface area contributed by atoms with Crippen LogP contribution in [0, 0.1) is 29.6 Å². The average Bonchev–Trinajstić information content (AvgIpc) is 3.38. The van der Waals surface area contributed by atoms with E-state index in [0.29, 0.717) is 17.7 Å². The predicted octanol–water partition coefficient (Wildman–Crippen LogP) is 2.07. The molecule has 1 heterocycles. The number of terminal acetylenes is 1. The lowest BCUT2D eigenvalue weighted by Crippen LogP contribution is -2.49. The molecule has 1 saturated carbocycles. The molecule has 2 amide bonds. The van der Waals surface area contributed by atoms with Crippen LogP contribution >= 0.6 is 0 Å². The summed E-state index contributed by atoms with van der Waals surface area (Å²) in [6.07, 6.45) is 7.65. The van der Waals surface area contributed by atoms with E-state index in [4.69, 9.17) is 11.2 Å². The van der Waals surface area contributed by atoms with Gasteiger partial charge in [-0.2, -0.15) is 5.26 Å². The minimum absolute atomic E-state index is 0.0400. The second-order valence-corrected chi connectivity index (χ2v) is 7.52. The van der Waals surface area contributed by atoms with Crippen molar-refractivity contribution in [3.05, 3.63) is 30.0 Å². The molecule has 1 aliphatic rings. The van der Waals surface area contributed by atoms with E-state index < -0.39 is 23.9 Å². The molecule has 0 aliphatic heterocycles. The van der Waals surface area contributed by atoms with Gasteiger partial charge in [-0.25, -0.2) is 0 Å². The largest absolute Gasteiger partial charge is 0.496 e. The molecule has 1 aromatic carbocycles. The fourth-order valence-electron chi connectivity index (χ4n) is 3.83. The fourth-order valence-corrected chi connectivity index (χ4v) is 3.83. The maximum absolute atomic E-state index is 12.7. The Balaban J connectivity index is 1.69. The Bertz CT molecular complexity index is 1080. The predicted molar refractivity (Wildman–Crippen MR) is 114 cm³/mol. The first-order chi connectivity index (χ1) is 15.0. The van der Waals surface area contributed by atoms with Gasteiger partial charge in [-0.3, -0.25) is 14.4 Å². The number of Topliss-reactive ketones (excluding diaryl/α,β-unsaturated/α-hetero) is 1. The molecule has 8 nitrogen and oxygen atoms in total. The van der Waals surface area contributed by atoms with Crippen molar-refractivity contribution in [2.24, 2.45) is 5.92 Å². The number of aromatic nitrogens is 1. The second kappa shape index (κ2) is 9.82. The summed E-state index contributed by atoms with van der Waals surface area (Å²) in [5.41, 5.74) is 0.968. The second-order valence-electron chi connectivity index (χ2n) is 7.52. The molecule has 1 aliphatic carbocycles. The van der Waals surface area contributed by atoms with Crippen LogP contribution in [0.4, 0.5) is 0 Å². The number of amides is 2. The molecule has 1 aromatic heterocycles. The summed E-state index contributed by atoms with van der Waals surface area (Å²) in [7, 11) is 1.54. The lowest BCUT2D eigenvalue weighted by atomic mass is 9.98. The van der Waals surface area contributed by atoms with Gasteiger partial charge in [0.25, 0.3) is 5.91 Å². The Morgan fingerprint density at radius 3 is 2.84 bits per heavy atom. The number of carbonyl (C=O) groups is 3. The molecule has 0 spiro atoms. The topological polar surface area (TPSA) is 124 Å². The van der Waals surface area contributed by atoms with Gasteiger partial charge in [0.15, 0.2) is 0 Å². The van der Waals surface area contributed by atoms with Gasteiger partial charge in [-0.05, 0) is 37.5 Å². The highest BCUT2D eigenvalue weighted by Crippen LogP contribution is 2.26. The average molecular weight is 420 g/mol. The maximum Gasteiger partial charge on any atom is 0.268 e. The van der Waals surface area contributed by atoms with Crippen molar-refractivity contribution in [3.8, 4) is 24.2 Å². The van der Waals surface area contributed by atoms with Crippen LogP contribution in [0.3, 0.4) is 0 Å². The van der Waals surface area contributed by atoms with E-state index in [1.807, 2.05) is 12.1 Å². The zero-order valence-electron chi connectivity index (χ0n) is 17.2. The standard InChI is InChI=1S/C23H24N4O4/c1-3-6-18(22(29)25-15(13-24)11-14-7-4-9-20(14)28)27-23(30)19-12-16-17(26-19)8-5-10-21(16)31-2/h1,5,8,10,12,14-15,18,26H,4,6-7,9,11H2,2H3,(H,25,29)(H,27,30)/t14-,15-,18-/m0/s1. The van der Waals surface area contributed by atoms with Crippen molar-refractivity contribution >= 4 is 28.5 Å². The van der Waals surface area contributed by atoms with Gasteiger partial charge in [0.1, 0.15) is 29.3 Å². The first-order valence-electron chi connectivity index (χ1n) is 10.1. The number of hydrogen-bond donors (Lipinski definition) is 3. The van der Waals surface area contributed by atoms with Crippen LogP contribution in [0.2, 0.25) is 0 Å². The summed E-state index contributed by atoms with van der Waals surface area (Å²) in [6, 6.07) is 7.21. The van der Waals surface area contributed by atoms with Gasteiger partial charge in [-0.15, -0.1) is 12.3 Å². The third-order valence-electron chi connectivity index (χ3n) is 5.46. The van der Waals surface area contributed by atoms with E-state index in [1.54, 1.807) is 25.3 Å². The molecule has 3 rings (SSSR count). The lowest BCUT2D eigenvalue weighted by molar-refractivity contribution is -0.124. The maximum atomic E-state index is 12.7. The number of fused-ring (bicyclic) bond motifs is 1. The minimum atomic E-state index is -1.01. The molecule has 2 aromatic rings. The number of nitriles is 1. The summed E-state index contributed by atoms with van der Waals surface area (Å²) >= 11 is 0. The number of aromatic amines is 1. The van der Waals surface area contributed by atoms with E-state index in [1.165, 1.54) is 0 Å². The first kappa shape index (κ1) is 21.9. The van der Waals surface area contributed by atoms with Gasteiger partial charge in [-0.1, -0.05) is 6.07 Å². The lowest BCUT2D eigenvalue weighted by Gasteiger charge is -2.20. The molecule has 160 valence electrons. The fraction of sp³-hybridized carbons (Fsp3) is 0.391. The van der Waals surface area contributed by atoms with Crippen LogP contribution in [-0.4, -0.2) is 41.8 Å². The number of ketones is 1. The summed E-state index contributed by atoms with van der Waals surface area (Å²) < 4.78 is 5.30. The highest BCUT2D eigenvalue weighted by molar-refractivity contribution is 6.01. The van der Waals surface area contributed by atoms with E-state index >= 15 is 0 Å². The Labute approximate surface area is 180 Å². The number of ether oxygens (including phenoxy) is 1. The number of nitrogens with one attached hydrogen (secondary N) is 3. The number of H-pyrrole nitrogens is 1. The summed E-state index contributed by atoms with van der Waals surface area (Å²) in [5, 5.41) is 15.4. The summed E-state index contributed by atoms with van der Waals surface area (Å²) in [5.74, 6) is 1.84. The van der Waals surface area contributed by atoms with E-state index in [-0.39, 0.29) is 30.2 Å². The number of nitrogens with zero attached hydrogens (tertiary/aromatic N) is 1. The normalized spacial score (nSPS) is 17.4. The van der Waals surface area contributed by atoms with Crippen LogP contribution in [0.5, 0.6) is 5.75 Å². The molecule has 0 saturated heterocycles. The van der Waals surface area contributed by atoms with E-state index in [9.17, 15) is 19.6 Å². The van der Waals surface area contributed by atoms with E-state index in [2.05, 4.69) is 21.5 Å². The third kappa shape index (κ3) is 5.04. The van der Waals surface area contributed by atoms with Crippen LogP contribution in [0.25, 0.3) is 10.9 Å². The smallest absolute Gasteiger partial charge is 0.268 e. The van der Waals surface area contributed by atoms with E-state index in [0.717, 1.165) is 18.2 Å². The molecule has 3 atom stereocenters. The van der Waals surface area contributed by atoms with Crippen LogP contribution in [-0.2, 0) is 9.59 Å². The summed E-state index contributed by atoms with van der Waals surface area (Å²) in [6.45, 7) is 0. The quantitative estimate of drug-likeness (QED) is 0.564. The third-order valence-corrected chi connectivity index (χ3v) is 5.46. The first-order valence-corrected chi connectivity index (χ1v) is 10.1. The number of carbonyl (C=O) groups excluding carboxylic acids is 3. The highest BCUT2D eigenvalue weighted by Gasteiger charge is 2.30. The molecule has 31 heavy (non-hydrogen) atoms. The van der Waals surface area contributed by atoms with Crippen molar-refractivity contribution < 1.29 is 19.1 Å². The van der Waals surface area contributed by atoms with Gasteiger partial charge >= 0.3 is 0 Å². The van der Waals surface area contributed by atoms with Crippen molar-refractivity contribution in [2.75, 3.05) is 7.11 Å². The SMILES string of the molecule is C#CC[C@H](NC(=O)c1cc2c(OC)cccc2[nH]1)C(=O)N[C@H](C#N)C[C@@H]1CCCC1=O. The molecule has 3 N–H and O–H groups in total. The molecular weight excluding hydrogens is 396 g/mol.